The summed E-state index contributed by atoms with van der Waals surface area (Å²) < 4.78 is 0. The summed E-state index contributed by atoms with van der Waals surface area (Å²) in [7, 11) is 0. The Hall–Kier alpha value is -1.05. The van der Waals surface area contributed by atoms with Crippen molar-refractivity contribution in [3.63, 3.8) is 0 Å². The molecule has 0 bridgehead atoms. The normalized spacial score (nSPS) is 24.0. The molecule has 1 rings (SSSR count). The van der Waals surface area contributed by atoms with Gasteiger partial charge in [0.15, 0.2) is 0 Å². The second kappa shape index (κ2) is 4.10. The highest BCUT2D eigenvalue weighted by Gasteiger charge is 2.14. The third-order valence-corrected chi connectivity index (χ3v) is 2.22. The Morgan fingerprint density at radius 2 is 2.50 bits per heavy atom. The Morgan fingerprint density at radius 1 is 1.75 bits per heavy atom. The number of allylic oxidation sites excluding steroid dienone is 4. The first-order valence-electron chi connectivity index (χ1n) is 4.37. The summed E-state index contributed by atoms with van der Waals surface area (Å²) in [6.45, 7) is 4.15. The van der Waals surface area contributed by atoms with E-state index in [1.54, 1.807) is 0 Å². The van der Waals surface area contributed by atoms with Gasteiger partial charge in [0.1, 0.15) is 0 Å². The highest BCUT2D eigenvalue weighted by Crippen LogP contribution is 2.21. The smallest absolute Gasteiger partial charge is 0.0827 e. The summed E-state index contributed by atoms with van der Waals surface area (Å²) in [4.78, 5) is 0. The van der Waals surface area contributed by atoms with Crippen LogP contribution in [0.15, 0.2) is 29.0 Å². The van der Waals surface area contributed by atoms with Gasteiger partial charge in [-0.25, -0.2) is 0 Å². The van der Waals surface area contributed by atoms with E-state index in [0.717, 1.165) is 18.6 Å². The zero-order valence-corrected chi connectivity index (χ0v) is 7.62. The van der Waals surface area contributed by atoms with Gasteiger partial charge in [0.25, 0.3) is 0 Å². The summed E-state index contributed by atoms with van der Waals surface area (Å²) in [5.74, 6) is 0.487. The maximum Gasteiger partial charge on any atom is 0.0827 e. The SMILES string of the molecule is CC/C(=N\O)C1=CC=CCC1C. The van der Waals surface area contributed by atoms with E-state index in [2.05, 4.69) is 18.2 Å². The standard InChI is InChI=1S/C10H15NO/c1-3-10(11-12)9-7-5-4-6-8(9)2/h4-5,7-8,12H,3,6H2,1-2H3/b11-10+. The van der Waals surface area contributed by atoms with Gasteiger partial charge in [-0.1, -0.05) is 37.2 Å². The summed E-state index contributed by atoms with van der Waals surface area (Å²) in [6.07, 6.45) is 8.03. The Morgan fingerprint density at radius 3 is 3.00 bits per heavy atom. The first-order valence-corrected chi connectivity index (χ1v) is 4.37. The number of hydrogen-bond acceptors (Lipinski definition) is 2. The minimum atomic E-state index is 0.487. The zero-order valence-electron chi connectivity index (χ0n) is 7.62. The summed E-state index contributed by atoms with van der Waals surface area (Å²) >= 11 is 0. The van der Waals surface area contributed by atoms with Crippen molar-refractivity contribution < 1.29 is 5.21 Å². The van der Waals surface area contributed by atoms with Crippen molar-refractivity contribution in [2.45, 2.75) is 26.7 Å². The fourth-order valence-corrected chi connectivity index (χ4v) is 1.46. The average Bonchev–Trinajstić information content (AvgIpc) is 2.10. The number of oxime groups is 1. The molecule has 0 aromatic carbocycles. The van der Waals surface area contributed by atoms with Gasteiger partial charge < -0.3 is 5.21 Å². The van der Waals surface area contributed by atoms with E-state index in [1.807, 2.05) is 19.1 Å². The largest absolute Gasteiger partial charge is 0.411 e. The van der Waals surface area contributed by atoms with Crippen LogP contribution in [0.3, 0.4) is 0 Å². The predicted molar refractivity (Wildman–Crippen MR) is 50.5 cm³/mol. The van der Waals surface area contributed by atoms with Crippen molar-refractivity contribution in [2.75, 3.05) is 0 Å². The van der Waals surface area contributed by atoms with Crippen LogP contribution in [0.1, 0.15) is 26.7 Å². The molecule has 12 heavy (non-hydrogen) atoms. The van der Waals surface area contributed by atoms with E-state index >= 15 is 0 Å². The van der Waals surface area contributed by atoms with Gasteiger partial charge in [0.05, 0.1) is 5.71 Å². The van der Waals surface area contributed by atoms with E-state index in [9.17, 15) is 0 Å². The fraction of sp³-hybridized carbons (Fsp3) is 0.500. The molecule has 66 valence electrons. The Labute approximate surface area is 73.3 Å². The molecule has 0 aromatic rings. The van der Waals surface area contributed by atoms with Crippen LogP contribution in [0, 0.1) is 5.92 Å². The van der Waals surface area contributed by atoms with Crippen LogP contribution in [-0.2, 0) is 0 Å². The summed E-state index contributed by atoms with van der Waals surface area (Å²) in [5.41, 5.74) is 1.98. The van der Waals surface area contributed by atoms with Gasteiger partial charge >= 0.3 is 0 Å². The minimum Gasteiger partial charge on any atom is -0.411 e. The van der Waals surface area contributed by atoms with Crippen LogP contribution in [0.4, 0.5) is 0 Å². The average molecular weight is 165 g/mol. The van der Waals surface area contributed by atoms with Crippen molar-refractivity contribution in [1.29, 1.82) is 0 Å². The van der Waals surface area contributed by atoms with Crippen molar-refractivity contribution in [1.82, 2.24) is 0 Å². The first-order chi connectivity index (χ1) is 5.79. The lowest BCUT2D eigenvalue weighted by molar-refractivity contribution is 0.317. The molecule has 1 aliphatic rings. The second-order valence-corrected chi connectivity index (χ2v) is 3.09. The molecule has 0 saturated carbocycles. The van der Waals surface area contributed by atoms with E-state index in [1.165, 1.54) is 5.57 Å². The van der Waals surface area contributed by atoms with Gasteiger partial charge in [-0.2, -0.15) is 0 Å². The van der Waals surface area contributed by atoms with E-state index in [0.29, 0.717) is 5.92 Å². The van der Waals surface area contributed by atoms with Crippen LogP contribution in [-0.4, -0.2) is 10.9 Å². The van der Waals surface area contributed by atoms with E-state index in [4.69, 9.17) is 5.21 Å². The third kappa shape index (κ3) is 1.76. The number of rotatable bonds is 2. The lowest BCUT2D eigenvalue weighted by Crippen LogP contribution is -2.11. The van der Waals surface area contributed by atoms with Crippen LogP contribution in [0.2, 0.25) is 0 Å². The maximum atomic E-state index is 8.72. The van der Waals surface area contributed by atoms with Gasteiger partial charge in [-0.3, -0.25) is 0 Å². The molecule has 0 amide bonds. The van der Waals surface area contributed by atoms with Crippen molar-refractivity contribution in [3.05, 3.63) is 23.8 Å². The summed E-state index contributed by atoms with van der Waals surface area (Å²) in [6, 6.07) is 0. The fourth-order valence-electron chi connectivity index (χ4n) is 1.46. The van der Waals surface area contributed by atoms with Crippen LogP contribution < -0.4 is 0 Å². The molecular formula is C10H15NO. The topological polar surface area (TPSA) is 32.6 Å². The lowest BCUT2D eigenvalue weighted by Gasteiger charge is -2.16. The maximum absolute atomic E-state index is 8.72. The van der Waals surface area contributed by atoms with Crippen molar-refractivity contribution in [2.24, 2.45) is 11.1 Å². The minimum absolute atomic E-state index is 0.487. The predicted octanol–water partition coefficient (Wildman–Crippen LogP) is 2.75. The van der Waals surface area contributed by atoms with Gasteiger partial charge in [-0.05, 0) is 24.3 Å². The van der Waals surface area contributed by atoms with Gasteiger partial charge in [-0.15, -0.1) is 0 Å². The molecular weight excluding hydrogens is 150 g/mol. The van der Waals surface area contributed by atoms with E-state index < -0.39 is 0 Å². The first kappa shape index (κ1) is 9.04. The van der Waals surface area contributed by atoms with Gasteiger partial charge in [0, 0.05) is 0 Å². The lowest BCUT2D eigenvalue weighted by atomic mass is 9.89. The molecule has 1 unspecified atom stereocenters. The number of hydrogen-bond donors (Lipinski definition) is 1. The molecule has 0 aromatic heterocycles. The van der Waals surface area contributed by atoms with Crippen molar-refractivity contribution in [3.8, 4) is 0 Å². The molecule has 2 nitrogen and oxygen atoms in total. The number of nitrogens with zero attached hydrogens (tertiary/aromatic N) is 1. The molecule has 0 spiro atoms. The molecule has 0 radical (unpaired) electrons. The molecule has 0 saturated heterocycles. The van der Waals surface area contributed by atoms with Crippen LogP contribution in [0.5, 0.6) is 0 Å². The molecule has 1 atom stereocenters. The van der Waals surface area contributed by atoms with Crippen LogP contribution in [0.25, 0.3) is 0 Å². The highest BCUT2D eigenvalue weighted by molar-refractivity contribution is 6.00. The third-order valence-electron chi connectivity index (χ3n) is 2.22. The molecule has 0 heterocycles. The molecule has 1 N–H and O–H groups in total. The summed E-state index contributed by atoms with van der Waals surface area (Å²) in [5, 5.41) is 12.0. The molecule has 0 fully saturated rings. The quantitative estimate of drug-likeness (QED) is 0.381. The Balaban J connectivity index is 2.84. The van der Waals surface area contributed by atoms with E-state index in [-0.39, 0.29) is 0 Å². The molecule has 1 aliphatic carbocycles. The van der Waals surface area contributed by atoms with Crippen LogP contribution >= 0.6 is 0 Å². The Bertz CT molecular complexity index is 238. The van der Waals surface area contributed by atoms with Crippen molar-refractivity contribution >= 4 is 5.71 Å². The van der Waals surface area contributed by atoms with Gasteiger partial charge in [0.2, 0.25) is 0 Å². The highest BCUT2D eigenvalue weighted by atomic mass is 16.4. The molecule has 0 aliphatic heterocycles. The Kier molecular flexibility index (Phi) is 3.09. The molecule has 2 heteroatoms. The second-order valence-electron chi connectivity index (χ2n) is 3.09. The monoisotopic (exact) mass is 165 g/mol. The zero-order chi connectivity index (χ0) is 8.97.